The van der Waals surface area contributed by atoms with Gasteiger partial charge in [0.05, 0.1) is 13.2 Å². The van der Waals surface area contributed by atoms with Crippen LogP contribution in [-0.2, 0) is 0 Å². The van der Waals surface area contributed by atoms with E-state index >= 15 is 0 Å². The monoisotopic (exact) mass is 396 g/mol. The van der Waals surface area contributed by atoms with Gasteiger partial charge in [-0.25, -0.2) is 4.98 Å². The van der Waals surface area contributed by atoms with Gasteiger partial charge in [-0.1, -0.05) is 6.07 Å². The lowest BCUT2D eigenvalue weighted by molar-refractivity contribution is 0.0347. The summed E-state index contributed by atoms with van der Waals surface area (Å²) in [5, 5.41) is 0. The molecule has 1 amide bonds. The van der Waals surface area contributed by atoms with Gasteiger partial charge in [0.25, 0.3) is 5.91 Å². The van der Waals surface area contributed by atoms with Gasteiger partial charge in [0.1, 0.15) is 6.10 Å². The van der Waals surface area contributed by atoms with Crippen LogP contribution in [0.15, 0.2) is 42.6 Å². The fourth-order valence-corrected chi connectivity index (χ4v) is 4.48. The number of pyridine rings is 1. The predicted octanol–water partition coefficient (Wildman–Crippen LogP) is 4.09. The molecule has 29 heavy (non-hydrogen) atoms. The summed E-state index contributed by atoms with van der Waals surface area (Å²) >= 11 is 0. The molecule has 2 unspecified atom stereocenters. The molecule has 0 spiro atoms. The van der Waals surface area contributed by atoms with E-state index in [9.17, 15) is 4.79 Å². The van der Waals surface area contributed by atoms with Crippen molar-refractivity contribution in [1.82, 2.24) is 9.88 Å². The van der Waals surface area contributed by atoms with Gasteiger partial charge in [0.15, 0.2) is 11.5 Å². The predicted molar refractivity (Wildman–Crippen MR) is 110 cm³/mol. The summed E-state index contributed by atoms with van der Waals surface area (Å²) in [5.74, 6) is 2.03. The molecule has 4 rings (SSSR count). The molecule has 2 fully saturated rings. The normalized spacial score (nSPS) is 23.0. The number of benzene rings is 1. The highest BCUT2D eigenvalue weighted by Gasteiger charge is 2.44. The number of rotatable bonds is 7. The lowest BCUT2D eigenvalue weighted by atomic mass is 9.98. The molecule has 2 aromatic rings. The maximum Gasteiger partial charge on any atom is 0.254 e. The maximum absolute atomic E-state index is 13.3. The third-order valence-electron chi connectivity index (χ3n) is 5.64. The molecule has 0 N–H and O–H groups in total. The summed E-state index contributed by atoms with van der Waals surface area (Å²) in [6.45, 7) is 4.95. The first-order chi connectivity index (χ1) is 14.2. The summed E-state index contributed by atoms with van der Waals surface area (Å²) in [5.41, 5.74) is 0.651. The lowest BCUT2D eigenvalue weighted by Gasteiger charge is -2.38. The molecule has 1 aromatic heterocycles. The van der Waals surface area contributed by atoms with Crippen LogP contribution < -0.4 is 14.2 Å². The number of ether oxygens (including phenoxy) is 3. The van der Waals surface area contributed by atoms with Crippen LogP contribution in [0.5, 0.6) is 17.4 Å². The van der Waals surface area contributed by atoms with Gasteiger partial charge in [-0.05, 0) is 51.0 Å². The van der Waals surface area contributed by atoms with Gasteiger partial charge in [0, 0.05) is 42.8 Å². The van der Waals surface area contributed by atoms with Crippen molar-refractivity contribution in [2.75, 3.05) is 13.2 Å². The first-order valence-corrected chi connectivity index (χ1v) is 10.5. The van der Waals surface area contributed by atoms with E-state index in [0.29, 0.717) is 36.2 Å². The number of fused-ring (bicyclic) bond motifs is 2. The summed E-state index contributed by atoms with van der Waals surface area (Å²) in [7, 11) is 0. The maximum atomic E-state index is 13.3. The molecular formula is C23H28N2O4. The third-order valence-corrected chi connectivity index (χ3v) is 5.64. The summed E-state index contributed by atoms with van der Waals surface area (Å²) < 4.78 is 17.4. The van der Waals surface area contributed by atoms with Gasteiger partial charge in [-0.3, -0.25) is 4.79 Å². The molecule has 2 atom stereocenters. The Balaban J connectivity index is 1.48. The van der Waals surface area contributed by atoms with Gasteiger partial charge < -0.3 is 19.1 Å². The van der Waals surface area contributed by atoms with Crippen molar-refractivity contribution in [3.05, 3.63) is 48.2 Å². The largest absolute Gasteiger partial charge is 0.490 e. The first-order valence-electron chi connectivity index (χ1n) is 10.5. The van der Waals surface area contributed by atoms with E-state index in [1.165, 1.54) is 0 Å². The zero-order valence-electron chi connectivity index (χ0n) is 17.0. The highest BCUT2D eigenvalue weighted by atomic mass is 16.5. The quantitative estimate of drug-likeness (QED) is 0.705. The Morgan fingerprint density at radius 2 is 1.76 bits per heavy atom. The van der Waals surface area contributed by atoms with Crippen molar-refractivity contribution < 1.29 is 19.0 Å². The van der Waals surface area contributed by atoms with Crippen LogP contribution in [0.2, 0.25) is 0 Å². The second-order valence-electron chi connectivity index (χ2n) is 7.50. The molecule has 6 nitrogen and oxygen atoms in total. The Bertz CT molecular complexity index is 828. The van der Waals surface area contributed by atoms with E-state index in [1.54, 1.807) is 6.20 Å². The van der Waals surface area contributed by atoms with Crippen molar-refractivity contribution in [3.63, 3.8) is 0 Å². The zero-order valence-corrected chi connectivity index (χ0v) is 17.0. The van der Waals surface area contributed by atoms with Crippen LogP contribution in [0.3, 0.4) is 0 Å². The number of hydrogen-bond acceptors (Lipinski definition) is 5. The van der Waals surface area contributed by atoms with Gasteiger partial charge in [-0.2, -0.15) is 0 Å². The van der Waals surface area contributed by atoms with Crippen molar-refractivity contribution in [1.29, 1.82) is 0 Å². The first kappa shape index (κ1) is 19.6. The summed E-state index contributed by atoms with van der Waals surface area (Å²) in [6, 6.07) is 11.6. The van der Waals surface area contributed by atoms with Crippen LogP contribution >= 0.6 is 0 Å². The average Bonchev–Trinajstić information content (AvgIpc) is 3.00. The molecule has 154 valence electrons. The van der Waals surface area contributed by atoms with Gasteiger partial charge >= 0.3 is 0 Å². The van der Waals surface area contributed by atoms with Crippen molar-refractivity contribution in [2.45, 2.75) is 57.7 Å². The summed E-state index contributed by atoms with van der Waals surface area (Å²) in [4.78, 5) is 19.7. The van der Waals surface area contributed by atoms with E-state index in [4.69, 9.17) is 14.2 Å². The van der Waals surface area contributed by atoms with E-state index in [-0.39, 0.29) is 24.1 Å². The number of piperidine rings is 1. The van der Waals surface area contributed by atoms with Crippen LogP contribution in [0.25, 0.3) is 0 Å². The number of hydrogen-bond donors (Lipinski definition) is 0. The minimum absolute atomic E-state index is 0.0674. The van der Waals surface area contributed by atoms with Gasteiger partial charge in [-0.15, -0.1) is 0 Å². The minimum atomic E-state index is 0.0674. The van der Waals surface area contributed by atoms with E-state index in [0.717, 1.165) is 25.7 Å². The van der Waals surface area contributed by atoms with E-state index < -0.39 is 0 Å². The Hall–Kier alpha value is -2.76. The molecule has 0 aliphatic carbocycles. The lowest BCUT2D eigenvalue weighted by Crippen LogP contribution is -2.49. The van der Waals surface area contributed by atoms with Gasteiger partial charge in [0.2, 0.25) is 5.88 Å². The second kappa shape index (κ2) is 8.72. The highest BCUT2D eigenvalue weighted by Crippen LogP contribution is 2.39. The van der Waals surface area contributed by atoms with Crippen LogP contribution in [0.4, 0.5) is 0 Å². The standard InChI is InChI=1S/C23H28N2O4/c1-3-27-20-11-8-16(13-21(20)28-4-2)23(26)25-17-9-10-18(25)15-19(14-17)29-22-7-5-6-12-24-22/h5-8,11-13,17-19H,3-4,9-10,14-15H2,1-2H3. The van der Waals surface area contributed by atoms with E-state index in [1.807, 2.05) is 50.2 Å². The SMILES string of the molecule is CCOc1ccc(C(=O)N2C3CCC2CC(Oc2ccccn2)C3)cc1OCC. The molecule has 3 heterocycles. The number of carbonyl (C=O) groups is 1. The molecule has 0 radical (unpaired) electrons. The van der Waals surface area contributed by atoms with Crippen molar-refractivity contribution in [2.24, 2.45) is 0 Å². The second-order valence-corrected chi connectivity index (χ2v) is 7.50. The molecule has 1 aromatic carbocycles. The highest BCUT2D eigenvalue weighted by molar-refractivity contribution is 5.95. The Labute approximate surface area is 171 Å². The Kier molecular flexibility index (Phi) is 5.88. The van der Waals surface area contributed by atoms with Crippen LogP contribution in [0, 0.1) is 0 Å². The summed E-state index contributed by atoms with van der Waals surface area (Å²) in [6.07, 6.45) is 5.57. The molecule has 2 aliphatic rings. The third kappa shape index (κ3) is 4.16. The molecule has 0 saturated carbocycles. The van der Waals surface area contributed by atoms with Crippen LogP contribution in [0.1, 0.15) is 49.9 Å². The smallest absolute Gasteiger partial charge is 0.254 e. The van der Waals surface area contributed by atoms with E-state index in [2.05, 4.69) is 9.88 Å². The fraction of sp³-hybridized carbons (Fsp3) is 0.478. The fourth-order valence-electron chi connectivity index (χ4n) is 4.48. The minimum Gasteiger partial charge on any atom is -0.490 e. The number of nitrogens with zero attached hydrogens (tertiary/aromatic N) is 2. The number of carbonyl (C=O) groups excluding carboxylic acids is 1. The average molecular weight is 396 g/mol. The Morgan fingerprint density at radius 1 is 1.03 bits per heavy atom. The molecule has 2 saturated heterocycles. The molecular weight excluding hydrogens is 368 g/mol. The topological polar surface area (TPSA) is 60.9 Å². The number of aromatic nitrogens is 1. The van der Waals surface area contributed by atoms with Crippen molar-refractivity contribution >= 4 is 5.91 Å². The van der Waals surface area contributed by atoms with Crippen molar-refractivity contribution in [3.8, 4) is 17.4 Å². The zero-order chi connectivity index (χ0) is 20.2. The molecule has 2 bridgehead atoms. The Morgan fingerprint density at radius 3 is 2.41 bits per heavy atom. The van der Waals surface area contributed by atoms with Crippen LogP contribution in [-0.4, -0.2) is 47.2 Å². The molecule has 6 heteroatoms. The number of amides is 1. The molecule has 2 aliphatic heterocycles.